The van der Waals surface area contributed by atoms with E-state index in [4.69, 9.17) is 10.5 Å². The van der Waals surface area contributed by atoms with Gasteiger partial charge in [0.05, 0.1) is 6.42 Å². The summed E-state index contributed by atoms with van der Waals surface area (Å²) in [6.45, 7) is 11.4. The molecule has 0 aliphatic heterocycles. The smallest absolute Gasteiger partial charge is 0.408 e. The Kier molecular flexibility index (Phi) is 13.9. The average molecular weight is 571 g/mol. The number of amides is 4. The Morgan fingerprint density at radius 2 is 1.78 bits per heavy atom. The number of carbonyl (C=O) groups excluding carboxylic acids is 4. The predicted molar refractivity (Wildman–Crippen MR) is 162 cm³/mol. The Morgan fingerprint density at radius 3 is 2.39 bits per heavy atom. The Hall–Kier alpha value is -3.36. The van der Waals surface area contributed by atoms with Gasteiger partial charge in [0, 0.05) is 12.6 Å². The van der Waals surface area contributed by atoms with Gasteiger partial charge in [-0.1, -0.05) is 82.7 Å². The molecule has 1 fully saturated rings. The van der Waals surface area contributed by atoms with E-state index in [1.807, 2.05) is 24.3 Å². The molecule has 1 aromatic carbocycles. The molecule has 9 nitrogen and oxygen atoms in total. The number of hydrogen-bond donors (Lipinski definition) is 3. The van der Waals surface area contributed by atoms with Crippen LogP contribution in [0.15, 0.2) is 30.8 Å². The van der Waals surface area contributed by atoms with Crippen LogP contribution in [-0.4, -0.2) is 52.9 Å². The summed E-state index contributed by atoms with van der Waals surface area (Å²) < 4.78 is 5.37. The summed E-state index contributed by atoms with van der Waals surface area (Å²) in [6.07, 6.45) is 10.1. The number of primary amides is 1. The minimum absolute atomic E-state index is 0.0316. The van der Waals surface area contributed by atoms with Crippen LogP contribution in [0.2, 0.25) is 0 Å². The minimum Gasteiger partial charge on any atom is -0.444 e. The third-order valence-corrected chi connectivity index (χ3v) is 7.15. The Balaban J connectivity index is 2.50. The summed E-state index contributed by atoms with van der Waals surface area (Å²) in [6, 6.07) is 5.15. The molecular formula is C32H50N4O5. The maximum Gasteiger partial charge on any atom is 0.408 e. The van der Waals surface area contributed by atoms with Crippen molar-refractivity contribution >= 4 is 29.9 Å². The predicted octanol–water partition coefficient (Wildman–Crippen LogP) is 5.39. The van der Waals surface area contributed by atoms with Crippen LogP contribution in [0.3, 0.4) is 0 Å². The van der Waals surface area contributed by atoms with Crippen LogP contribution >= 0.6 is 0 Å². The second kappa shape index (κ2) is 16.8. The van der Waals surface area contributed by atoms with E-state index >= 15 is 0 Å². The van der Waals surface area contributed by atoms with Crippen molar-refractivity contribution in [2.45, 2.75) is 122 Å². The third-order valence-electron chi connectivity index (χ3n) is 7.15. The molecule has 1 aliphatic rings. The van der Waals surface area contributed by atoms with Gasteiger partial charge in [0.2, 0.25) is 17.7 Å². The standard InChI is InChI=1S/C32H50N4O5/c1-6-8-9-10-14-20-36(30(39)26(22-27(33)37)35-31(40)41-32(3,4)5)28(24-17-15-16-23(7-2)21-24)29(38)34-25-18-12-11-13-19-25/h7,15-17,21,25-26,28H,2,6,8-14,18-20,22H2,1,3-5H3,(H2,33,37)(H,34,38)(H,35,40). The largest absolute Gasteiger partial charge is 0.444 e. The highest BCUT2D eigenvalue weighted by Crippen LogP contribution is 2.27. The normalized spacial score (nSPS) is 15.3. The van der Waals surface area contributed by atoms with Crippen LogP contribution in [0, 0.1) is 0 Å². The van der Waals surface area contributed by atoms with Gasteiger partial charge >= 0.3 is 6.09 Å². The van der Waals surface area contributed by atoms with Gasteiger partial charge in [-0.3, -0.25) is 14.4 Å². The first-order valence-electron chi connectivity index (χ1n) is 15.1. The molecule has 0 bridgehead atoms. The molecule has 2 unspecified atom stereocenters. The van der Waals surface area contributed by atoms with E-state index in [1.54, 1.807) is 26.8 Å². The first-order chi connectivity index (χ1) is 19.4. The summed E-state index contributed by atoms with van der Waals surface area (Å²) in [4.78, 5) is 54.4. The zero-order valence-electron chi connectivity index (χ0n) is 25.4. The molecule has 9 heteroatoms. The third kappa shape index (κ3) is 12.0. The molecule has 2 rings (SSSR count). The van der Waals surface area contributed by atoms with Crippen LogP contribution in [0.25, 0.3) is 6.08 Å². The minimum atomic E-state index is -1.29. The Bertz CT molecular complexity index is 1030. The van der Waals surface area contributed by atoms with Crippen molar-refractivity contribution in [3.8, 4) is 0 Å². The van der Waals surface area contributed by atoms with Gasteiger partial charge < -0.3 is 26.0 Å². The molecular weight excluding hydrogens is 520 g/mol. The number of benzene rings is 1. The van der Waals surface area contributed by atoms with Crippen LogP contribution in [0.5, 0.6) is 0 Å². The van der Waals surface area contributed by atoms with Gasteiger partial charge in [-0.15, -0.1) is 0 Å². The summed E-state index contributed by atoms with van der Waals surface area (Å²) in [5.74, 6) is -1.59. The lowest BCUT2D eigenvalue weighted by Gasteiger charge is -2.35. The second-order valence-electron chi connectivity index (χ2n) is 11.9. The highest BCUT2D eigenvalue weighted by molar-refractivity contribution is 5.94. The van der Waals surface area contributed by atoms with Crippen LogP contribution in [0.4, 0.5) is 4.79 Å². The number of carbonyl (C=O) groups is 4. The first-order valence-corrected chi connectivity index (χ1v) is 15.1. The van der Waals surface area contributed by atoms with E-state index in [2.05, 4.69) is 24.1 Å². The highest BCUT2D eigenvalue weighted by Gasteiger charge is 2.37. The number of nitrogens with two attached hydrogens (primary N) is 1. The number of hydrogen-bond acceptors (Lipinski definition) is 5. The molecule has 0 saturated heterocycles. The summed E-state index contributed by atoms with van der Waals surface area (Å²) in [5, 5.41) is 5.73. The van der Waals surface area contributed by atoms with Crippen LogP contribution < -0.4 is 16.4 Å². The van der Waals surface area contributed by atoms with E-state index in [9.17, 15) is 19.2 Å². The monoisotopic (exact) mass is 570 g/mol. The van der Waals surface area contributed by atoms with Gasteiger partial charge in [-0.2, -0.15) is 0 Å². The van der Waals surface area contributed by atoms with Crippen molar-refractivity contribution in [1.82, 2.24) is 15.5 Å². The fourth-order valence-electron chi connectivity index (χ4n) is 5.16. The van der Waals surface area contributed by atoms with E-state index in [0.29, 0.717) is 12.0 Å². The van der Waals surface area contributed by atoms with Crippen LogP contribution in [-0.2, 0) is 19.1 Å². The number of nitrogens with zero attached hydrogens (tertiary/aromatic N) is 1. The summed E-state index contributed by atoms with van der Waals surface area (Å²) in [5.41, 5.74) is 6.14. The summed E-state index contributed by atoms with van der Waals surface area (Å²) >= 11 is 0. The van der Waals surface area contributed by atoms with Gasteiger partial charge in [0.15, 0.2) is 0 Å². The lowest BCUT2D eigenvalue weighted by atomic mass is 9.94. The maximum atomic E-state index is 14.2. The molecule has 0 aromatic heterocycles. The van der Waals surface area contributed by atoms with E-state index in [1.165, 1.54) is 4.90 Å². The molecule has 4 N–H and O–H groups in total. The molecule has 2 atom stereocenters. The van der Waals surface area contributed by atoms with Gasteiger partial charge in [0.25, 0.3) is 0 Å². The molecule has 1 aromatic rings. The van der Waals surface area contributed by atoms with E-state index in [0.717, 1.165) is 63.4 Å². The molecule has 0 spiro atoms. The van der Waals surface area contributed by atoms with E-state index < -0.39 is 42.0 Å². The fourth-order valence-corrected chi connectivity index (χ4v) is 5.16. The highest BCUT2D eigenvalue weighted by atomic mass is 16.6. The zero-order chi connectivity index (χ0) is 30.4. The molecule has 1 aliphatic carbocycles. The topological polar surface area (TPSA) is 131 Å². The van der Waals surface area contributed by atoms with Crippen molar-refractivity contribution in [2.75, 3.05) is 6.54 Å². The van der Waals surface area contributed by atoms with Gasteiger partial charge in [-0.05, 0) is 57.2 Å². The number of nitrogens with one attached hydrogen (secondary N) is 2. The molecule has 0 radical (unpaired) electrons. The Labute approximate surface area is 245 Å². The van der Waals surface area contributed by atoms with Crippen molar-refractivity contribution in [1.29, 1.82) is 0 Å². The Morgan fingerprint density at radius 1 is 1.10 bits per heavy atom. The molecule has 0 heterocycles. The number of rotatable bonds is 15. The zero-order valence-corrected chi connectivity index (χ0v) is 25.4. The van der Waals surface area contributed by atoms with E-state index in [-0.39, 0.29) is 18.5 Å². The molecule has 1 saturated carbocycles. The van der Waals surface area contributed by atoms with Crippen molar-refractivity contribution in [3.05, 3.63) is 42.0 Å². The van der Waals surface area contributed by atoms with Crippen molar-refractivity contribution in [2.24, 2.45) is 5.73 Å². The van der Waals surface area contributed by atoms with Gasteiger partial charge in [-0.25, -0.2) is 4.79 Å². The number of alkyl carbamates (subject to hydrolysis) is 1. The number of ether oxygens (including phenoxy) is 1. The molecule has 228 valence electrons. The van der Waals surface area contributed by atoms with Crippen LogP contribution in [0.1, 0.15) is 115 Å². The maximum absolute atomic E-state index is 14.2. The van der Waals surface area contributed by atoms with Crippen molar-refractivity contribution < 1.29 is 23.9 Å². The second-order valence-corrected chi connectivity index (χ2v) is 11.9. The van der Waals surface area contributed by atoms with Crippen molar-refractivity contribution in [3.63, 3.8) is 0 Å². The SMILES string of the molecule is C=Cc1cccc(C(C(=O)NC2CCCCC2)N(CCCCCCC)C(=O)C(CC(N)=O)NC(=O)OC(C)(C)C)c1. The first kappa shape index (κ1) is 33.8. The summed E-state index contributed by atoms with van der Waals surface area (Å²) in [7, 11) is 0. The fraction of sp³-hybridized carbons (Fsp3) is 0.625. The molecule has 41 heavy (non-hydrogen) atoms. The number of unbranched alkanes of at least 4 members (excludes halogenated alkanes) is 4. The quantitative estimate of drug-likeness (QED) is 0.244. The molecule has 4 amide bonds. The van der Waals surface area contributed by atoms with Gasteiger partial charge in [0.1, 0.15) is 17.7 Å². The lowest BCUT2D eigenvalue weighted by Crippen LogP contribution is -2.55. The average Bonchev–Trinajstić information content (AvgIpc) is 2.90. The lowest BCUT2D eigenvalue weighted by molar-refractivity contribution is -0.143.